The molecule has 0 aliphatic rings. The molecule has 0 saturated heterocycles. The van der Waals surface area contributed by atoms with E-state index in [4.69, 9.17) is 5.73 Å². The molecule has 0 amide bonds. The Labute approximate surface area is 94.3 Å². The Bertz CT molecular complexity index is 366. The first-order valence-electron chi connectivity index (χ1n) is 5.24. The van der Waals surface area contributed by atoms with Crippen LogP contribution in [0.25, 0.3) is 0 Å². The van der Waals surface area contributed by atoms with Gasteiger partial charge in [-0.25, -0.2) is 13.8 Å². The largest absolute Gasteiger partial charge is 0.381 e. The lowest BCUT2D eigenvalue weighted by atomic mass is 10.1. The van der Waals surface area contributed by atoms with Gasteiger partial charge in [0, 0.05) is 19.7 Å². The van der Waals surface area contributed by atoms with Crippen LogP contribution in [0.2, 0.25) is 0 Å². The highest BCUT2D eigenvalue weighted by atomic mass is 19.1. The van der Waals surface area contributed by atoms with E-state index in [0.29, 0.717) is 12.5 Å². The molecule has 5 heteroatoms. The van der Waals surface area contributed by atoms with Crippen molar-refractivity contribution in [1.29, 1.82) is 0 Å². The first-order valence-corrected chi connectivity index (χ1v) is 5.24. The van der Waals surface area contributed by atoms with E-state index < -0.39 is 11.6 Å². The fourth-order valence-corrected chi connectivity index (χ4v) is 1.30. The molecule has 1 aromatic rings. The Hall–Kier alpha value is -1.39. The number of anilines is 2. The molecular formula is C11H17F2N3. The maximum atomic E-state index is 13.4. The summed E-state index contributed by atoms with van der Waals surface area (Å²) in [5.41, 5.74) is 5.30. The summed E-state index contributed by atoms with van der Waals surface area (Å²) in [6.07, 6.45) is 0.912. The zero-order chi connectivity index (χ0) is 12.3. The number of aromatic nitrogens is 1. The standard InChI is InChI=1S/C11H17F2N3/c1-7(2)4-5-16(3)11-9(13)6-8(12)10(14)15-11/h6-7H,4-5H2,1-3H3,(H2,14,15). The maximum Gasteiger partial charge on any atom is 0.168 e. The summed E-state index contributed by atoms with van der Waals surface area (Å²) in [4.78, 5) is 5.35. The summed E-state index contributed by atoms with van der Waals surface area (Å²) in [6.45, 7) is 4.82. The van der Waals surface area contributed by atoms with Crippen LogP contribution in [0.15, 0.2) is 6.07 Å². The minimum Gasteiger partial charge on any atom is -0.381 e. The van der Waals surface area contributed by atoms with E-state index in [1.165, 1.54) is 0 Å². The molecule has 16 heavy (non-hydrogen) atoms. The second-order valence-corrected chi connectivity index (χ2v) is 4.26. The second-order valence-electron chi connectivity index (χ2n) is 4.26. The van der Waals surface area contributed by atoms with Gasteiger partial charge < -0.3 is 10.6 Å². The monoisotopic (exact) mass is 229 g/mol. The van der Waals surface area contributed by atoms with Crippen LogP contribution in [-0.4, -0.2) is 18.6 Å². The lowest BCUT2D eigenvalue weighted by Gasteiger charge is -2.20. The minimum atomic E-state index is -0.821. The lowest BCUT2D eigenvalue weighted by molar-refractivity contribution is 0.557. The molecule has 0 aliphatic carbocycles. The third-order valence-electron chi connectivity index (χ3n) is 2.34. The highest BCUT2D eigenvalue weighted by molar-refractivity contribution is 5.46. The predicted molar refractivity (Wildman–Crippen MR) is 61.3 cm³/mol. The van der Waals surface area contributed by atoms with Crippen molar-refractivity contribution in [2.75, 3.05) is 24.2 Å². The molecule has 0 fully saturated rings. The van der Waals surface area contributed by atoms with Crippen LogP contribution in [0.4, 0.5) is 20.4 Å². The molecule has 0 bridgehead atoms. The van der Waals surface area contributed by atoms with Crippen LogP contribution in [-0.2, 0) is 0 Å². The van der Waals surface area contributed by atoms with Gasteiger partial charge in [0.1, 0.15) is 0 Å². The van der Waals surface area contributed by atoms with Gasteiger partial charge in [0.25, 0.3) is 0 Å². The Balaban J connectivity index is 2.82. The molecule has 3 nitrogen and oxygen atoms in total. The number of hydrogen-bond acceptors (Lipinski definition) is 3. The molecule has 1 rings (SSSR count). The van der Waals surface area contributed by atoms with E-state index in [2.05, 4.69) is 18.8 Å². The highest BCUT2D eigenvalue weighted by Crippen LogP contribution is 2.20. The van der Waals surface area contributed by atoms with Gasteiger partial charge in [0.2, 0.25) is 0 Å². The second kappa shape index (κ2) is 5.09. The maximum absolute atomic E-state index is 13.4. The summed E-state index contributed by atoms with van der Waals surface area (Å²) in [6, 6.07) is 0.767. The van der Waals surface area contributed by atoms with Gasteiger partial charge >= 0.3 is 0 Å². The molecule has 0 radical (unpaired) electrons. The Morgan fingerprint density at radius 2 is 2.00 bits per heavy atom. The zero-order valence-electron chi connectivity index (χ0n) is 9.80. The van der Waals surface area contributed by atoms with Crippen LogP contribution in [0.5, 0.6) is 0 Å². The third-order valence-corrected chi connectivity index (χ3v) is 2.34. The van der Waals surface area contributed by atoms with Crippen molar-refractivity contribution in [3.8, 4) is 0 Å². The summed E-state index contributed by atoms with van der Waals surface area (Å²) in [5, 5.41) is 0. The molecule has 1 aromatic heterocycles. The van der Waals surface area contributed by atoms with Crippen LogP contribution >= 0.6 is 0 Å². The van der Waals surface area contributed by atoms with Gasteiger partial charge in [0.15, 0.2) is 23.3 Å². The van der Waals surface area contributed by atoms with E-state index >= 15 is 0 Å². The van der Waals surface area contributed by atoms with E-state index in [1.807, 2.05) is 0 Å². The molecule has 0 aliphatic heterocycles. The number of pyridine rings is 1. The quantitative estimate of drug-likeness (QED) is 0.862. The molecule has 2 N–H and O–H groups in total. The molecule has 0 unspecified atom stereocenters. The normalized spacial score (nSPS) is 10.9. The zero-order valence-corrected chi connectivity index (χ0v) is 9.80. The number of nitrogen functional groups attached to an aromatic ring is 1. The first kappa shape index (κ1) is 12.7. The number of hydrogen-bond donors (Lipinski definition) is 1. The Morgan fingerprint density at radius 3 is 2.56 bits per heavy atom. The van der Waals surface area contributed by atoms with E-state index in [9.17, 15) is 8.78 Å². The summed E-state index contributed by atoms with van der Waals surface area (Å²) >= 11 is 0. The van der Waals surface area contributed by atoms with Gasteiger partial charge in [-0.3, -0.25) is 0 Å². The van der Waals surface area contributed by atoms with Crippen LogP contribution < -0.4 is 10.6 Å². The molecule has 0 spiro atoms. The van der Waals surface area contributed by atoms with Gasteiger partial charge in [0.05, 0.1) is 0 Å². The van der Waals surface area contributed by atoms with Crippen LogP contribution in [0.1, 0.15) is 20.3 Å². The first-order chi connectivity index (χ1) is 7.41. The minimum absolute atomic E-state index is 0.0968. The SMILES string of the molecule is CC(C)CCN(C)c1nc(N)c(F)cc1F. The van der Waals surface area contributed by atoms with Crippen molar-refractivity contribution in [2.45, 2.75) is 20.3 Å². The highest BCUT2D eigenvalue weighted by Gasteiger charge is 2.13. The van der Waals surface area contributed by atoms with Crippen molar-refractivity contribution in [2.24, 2.45) is 5.92 Å². The Morgan fingerprint density at radius 1 is 1.38 bits per heavy atom. The van der Waals surface area contributed by atoms with Gasteiger partial charge in [-0.15, -0.1) is 0 Å². The van der Waals surface area contributed by atoms with Crippen molar-refractivity contribution in [3.63, 3.8) is 0 Å². The smallest absolute Gasteiger partial charge is 0.168 e. The molecule has 0 saturated carbocycles. The van der Waals surface area contributed by atoms with Crippen LogP contribution in [0.3, 0.4) is 0 Å². The molecule has 1 heterocycles. The number of nitrogens with zero attached hydrogens (tertiary/aromatic N) is 2. The summed E-state index contributed by atoms with van der Waals surface area (Å²) in [7, 11) is 1.71. The van der Waals surface area contributed by atoms with E-state index in [1.54, 1.807) is 11.9 Å². The predicted octanol–water partition coefficient (Wildman–Crippen LogP) is 2.42. The average molecular weight is 229 g/mol. The average Bonchev–Trinajstić information content (AvgIpc) is 2.20. The molecule has 0 aromatic carbocycles. The van der Waals surface area contributed by atoms with Gasteiger partial charge in [-0.05, 0) is 12.3 Å². The summed E-state index contributed by atoms with van der Waals surface area (Å²) in [5.74, 6) is -1.16. The topological polar surface area (TPSA) is 42.2 Å². The fourth-order valence-electron chi connectivity index (χ4n) is 1.30. The third kappa shape index (κ3) is 3.05. The number of halogens is 2. The van der Waals surface area contributed by atoms with Gasteiger partial charge in [-0.1, -0.05) is 13.8 Å². The molecule has 0 atom stereocenters. The van der Waals surface area contributed by atoms with Gasteiger partial charge in [-0.2, -0.15) is 0 Å². The van der Waals surface area contributed by atoms with E-state index in [0.717, 1.165) is 12.5 Å². The van der Waals surface area contributed by atoms with Crippen molar-refractivity contribution < 1.29 is 8.78 Å². The van der Waals surface area contributed by atoms with Crippen molar-refractivity contribution >= 4 is 11.6 Å². The molecule has 90 valence electrons. The number of nitrogens with two attached hydrogens (primary N) is 1. The Kier molecular flexibility index (Phi) is 4.04. The summed E-state index contributed by atoms with van der Waals surface area (Å²) < 4.78 is 26.3. The fraction of sp³-hybridized carbons (Fsp3) is 0.545. The molecular weight excluding hydrogens is 212 g/mol. The lowest BCUT2D eigenvalue weighted by Crippen LogP contribution is -2.22. The van der Waals surface area contributed by atoms with E-state index in [-0.39, 0.29) is 11.6 Å². The van der Waals surface area contributed by atoms with Crippen molar-refractivity contribution in [3.05, 3.63) is 17.7 Å². The van der Waals surface area contributed by atoms with Crippen LogP contribution in [0, 0.1) is 17.6 Å². The van der Waals surface area contributed by atoms with Crippen molar-refractivity contribution in [1.82, 2.24) is 4.98 Å². The number of rotatable bonds is 4.